The van der Waals surface area contributed by atoms with E-state index in [9.17, 15) is 14.4 Å². The van der Waals surface area contributed by atoms with Gasteiger partial charge >= 0.3 is 5.97 Å². The van der Waals surface area contributed by atoms with Crippen LogP contribution in [0, 0.1) is 0 Å². The van der Waals surface area contributed by atoms with E-state index >= 15 is 0 Å². The summed E-state index contributed by atoms with van der Waals surface area (Å²) in [5, 5.41) is 4.06. The molecule has 0 aromatic heterocycles. The van der Waals surface area contributed by atoms with Crippen molar-refractivity contribution in [1.29, 1.82) is 0 Å². The largest absolute Gasteiger partial charge is 0.467 e. The van der Waals surface area contributed by atoms with Crippen LogP contribution in [0.3, 0.4) is 0 Å². The van der Waals surface area contributed by atoms with Crippen molar-refractivity contribution in [1.82, 2.24) is 10.2 Å². The molecule has 6 nitrogen and oxygen atoms in total. The normalized spacial score (nSPS) is 30.9. The third-order valence-electron chi connectivity index (χ3n) is 2.85. The van der Waals surface area contributed by atoms with E-state index in [0.717, 1.165) is 5.57 Å². The van der Waals surface area contributed by atoms with Gasteiger partial charge in [0.05, 0.1) is 7.11 Å². The number of thioether (sulfide) groups is 1. The van der Waals surface area contributed by atoms with Crippen LogP contribution in [-0.4, -0.2) is 47.8 Å². The molecule has 3 atom stereocenters. The Hall–Kier alpha value is -1.50. The minimum absolute atomic E-state index is 0.222. The number of ether oxygens (including phenoxy) is 1. The highest BCUT2D eigenvalue weighted by Crippen LogP contribution is 2.39. The summed E-state index contributed by atoms with van der Waals surface area (Å²) in [4.78, 5) is 35.3. The number of esters is 1. The predicted octanol–water partition coefficient (Wildman–Crippen LogP) is -0.539. The van der Waals surface area contributed by atoms with Crippen LogP contribution >= 0.6 is 11.8 Å². The predicted molar refractivity (Wildman–Crippen MR) is 60.8 cm³/mol. The van der Waals surface area contributed by atoms with Crippen LogP contribution in [-0.2, 0) is 19.1 Å². The highest BCUT2D eigenvalue weighted by atomic mass is 32.2. The zero-order valence-corrected chi connectivity index (χ0v) is 10.2. The maximum Gasteiger partial charge on any atom is 0.332 e. The van der Waals surface area contributed by atoms with E-state index in [4.69, 9.17) is 0 Å². The van der Waals surface area contributed by atoms with Crippen molar-refractivity contribution in [3.63, 3.8) is 0 Å². The molecule has 0 radical (unpaired) electrons. The van der Waals surface area contributed by atoms with Gasteiger partial charge in [-0.15, -0.1) is 11.8 Å². The van der Waals surface area contributed by atoms with E-state index in [-0.39, 0.29) is 11.3 Å². The number of methoxy groups -OCH3 is 1. The molecular weight excluding hydrogens is 244 g/mol. The Labute approximate surface area is 102 Å². The third-order valence-corrected chi connectivity index (χ3v) is 4.14. The summed E-state index contributed by atoms with van der Waals surface area (Å²) in [6, 6.07) is -1.21. The fourth-order valence-electron chi connectivity index (χ4n) is 2.00. The molecule has 2 amide bonds. The van der Waals surface area contributed by atoms with Crippen LogP contribution in [0.5, 0.6) is 0 Å². The average Bonchev–Trinajstić information content (AvgIpc) is 2.34. The van der Waals surface area contributed by atoms with Crippen molar-refractivity contribution < 1.29 is 19.1 Å². The molecule has 0 bridgehead atoms. The van der Waals surface area contributed by atoms with E-state index in [1.807, 2.05) is 5.41 Å². The Balaban J connectivity index is 2.23. The van der Waals surface area contributed by atoms with Gasteiger partial charge in [0.2, 0.25) is 12.3 Å². The van der Waals surface area contributed by atoms with Crippen LogP contribution in [0.25, 0.3) is 0 Å². The lowest BCUT2D eigenvalue weighted by atomic mass is 9.99. The maximum atomic E-state index is 11.8. The van der Waals surface area contributed by atoms with Gasteiger partial charge in [-0.2, -0.15) is 0 Å². The van der Waals surface area contributed by atoms with Gasteiger partial charge in [-0.25, -0.2) is 4.79 Å². The first kappa shape index (κ1) is 12.0. The fraction of sp³-hybridized carbons (Fsp3) is 0.500. The smallest absolute Gasteiger partial charge is 0.332 e. The van der Waals surface area contributed by atoms with Gasteiger partial charge in [0.1, 0.15) is 11.4 Å². The summed E-state index contributed by atoms with van der Waals surface area (Å²) in [5.41, 5.74) is 0.774. The number of carbonyl (C=O) groups excluding carboxylic acids is 3. The van der Waals surface area contributed by atoms with E-state index in [1.165, 1.54) is 23.8 Å². The lowest BCUT2D eigenvalue weighted by Gasteiger charge is -2.51. The van der Waals surface area contributed by atoms with Gasteiger partial charge in [0.25, 0.3) is 0 Å². The lowest BCUT2D eigenvalue weighted by molar-refractivity contribution is -0.161. The highest BCUT2D eigenvalue weighted by molar-refractivity contribution is 8.02. The molecule has 1 N–H and O–H groups in total. The van der Waals surface area contributed by atoms with Crippen molar-refractivity contribution >= 4 is 30.0 Å². The summed E-state index contributed by atoms with van der Waals surface area (Å²) in [5.74, 6) is -0.709. The van der Waals surface area contributed by atoms with Crippen LogP contribution in [0.15, 0.2) is 11.0 Å². The first-order valence-corrected chi connectivity index (χ1v) is 5.98. The molecule has 17 heavy (non-hydrogen) atoms. The summed E-state index contributed by atoms with van der Waals surface area (Å²) in [7, 11) is 1.29. The van der Waals surface area contributed by atoms with Crippen molar-refractivity contribution in [2.45, 2.75) is 24.4 Å². The average molecular weight is 256 g/mol. The number of hydrogen-bond acceptors (Lipinski definition) is 5. The molecule has 1 fully saturated rings. The van der Waals surface area contributed by atoms with Crippen molar-refractivity contribution in [3.05, 3.63) is 11.0 Å². The zero-order valence-electron chi connectivity index (χ0n) is 9.38. The second kappa shape index (κ2) is 4.40. The van der Waals surface area contributed by atoms with Crippen LogP contribution < -0.4 is 5.32 Å². The first-order chi connectivity index (χ1) is 8.11. The third kappa shape index (κ3) is 1.70. The maximum absolute atomic E-state index is 11.8. The van der Waals surface area contributed by atoms with Crippen molar-refractivity contribution in [3.8, 4) is 0 Å². The number of carbonyl (C=O) groups is 3. The van der Waals surface area contributed by atoms with Crippen molar-refractivity contribution in [2.75, 3.05) is 7.11 Å². The monoisotopic (exact) mass is 256 g/mol. The Morgan fingerprint density at radius 2 is 2.35 bits per heavy atom. The highest BCUT2D eigenvalue weighted by Gasteiger charge is 2.54. The van der Waals surface area contributed by atoms with Crippen LogP contribution in [0.2, 0.25) is 0 Å². The summed E-state index contributed by atoms with van der Waals surface area (Å²) in [6.45, 7) is 1.78. The number of hydrogen-bond donors (Lipinski definition) is 1. The van der Waals surface area contributed by atoms with Crippen LogP contribution in [0.4, 0.5) is 0 Å². The number of fused-ring (bicyclic) bond motifs is 1. The van der Waals surface area contributed by atoms with Gasteiger partial charge in [0, 0.05) is 0 Å². The SMILES string of the molecule is COC(=O)C1C(C)=CS[C@@H]2[C@H](NC=O)C(=O)N12. The molecule has 0 saturated carbocycles. The Kier molecular flexibility index (Phi) is 3.10. The van der Waals surface area contributed by atoms with E-state index in [0.29, 0.717) is 6.41 Å². The molecule has 0 spiro atoms. The minimum atomic E-state index is -0.663. The van der Waals surface area contributed by atoms with E-state index < -0.39 is 18.1 Å². The van der Waals surface area contributed by atoms with Gasteiger partial charge in [-0.3, -0.25) is 9.59 Å². The number of nitrogens with one attached hydrogen (secondary N) is 1. The number of amides is 2. The number of nitrogens with zero attached hydrogens (tertiary/aromatic N) is 1. The topological polar surface area (TPSA) is 75.7 Å². The van der Waals surface area contributed by atoms with Gasteiger partial charge in [0.15, 0.2) is 6.04 Å². The standard InChI is InChI=1S/C10H12N2O4S/c1-5-3-17-9-6(11-4-13)8(14)12(9)7(5)10(15)16-2/h3-4,6-7,9H,1-2H3,(H,11,13)/t6-,7?,9-/m1/s1. The molecule has 1 saturated heterocycles. The molecule has 2 heterocycles. The quantitative estimate of drug-likeness (QED) is 0.417. The first-order valence-electron chi connectivity index (χ1n) is 5.03. The fourth-order valence-corrected chi connectivity index (χ4v) is 3.20. The Bertz CT molecular complexity index is 409. The van der Waals surface area contributed by atoms with E-state index in [2.05, 4.69) is 10.1 Å². The Morgan fingerprint density at radius 1 is 1.65 bits per heavy atom. The zero-order chi connectivity index (χ0) is 12.6. The van der Waals surface area contributed by atoms with Crippen molar-refractivity contribution in [2.24, 2.45) is 0 Å². The van der Waals surface area contributed by atoms with Crippen LogP contribution in [0.1, 0.15) is 6.92 Å². The second-order valence-electron chi connectivity index (χ2n) is 3.82. The van der Waals surface area contributed by atoms with Gasteiger partial charge in [-0.05, 0) is 17.9 Å². The molecule has 2 aliphatic heterocycles. The Morgan fingerprint density at radius 3 is 2.94 bits per heavy atom. The minimum Gasteiger partial charge on any atom is -0.467 e. The molecule has 2 aliphatic rings. The second-order valence-corrected chi connectivity index (χ2v) is 4.81. The number of β-lactam (4-membered cyclic amide) rings is 1. The molecule has 0 aliphatic carbocycles. The van der Waals surface area contributed by atoms with Gasteiger partial charge < -0.3 is 15.0 Å². The van der Waals surface area contributed by atoms with E-state index in [1.54, 1.807) is 6.92 Å². The lowest BCUT2D eigenvalue weighted by Crippen LogP contribution is -2.73. The summed E-state index contributed by atoms with van der Waals surface area (Å²) in [6.07, 6.45) is 0.499. The van der Waals surface area contributed by atoms with Gasteiger partial charge in [-0.1, -0.05) is 0 Å². The summed E-state index contributed by atoms with van der Waals surface area (Å²) < 4.78 is 4.68. The number of rotatable bonds is 3. The summed E-state index contributed by atoms with van der Waals surface area (Å²) >= 11 is 1.42. The molecular formula is C10H12N2O4S. The molecule has 0 aromatic rings. The molecule has 1 unspecified atom stereocenters. The molecule has 7 heteroatoms. The molecule has 0 aromatic carbocycles. The molecule has 2 rings (SSSR count). The molecule has 92 valence electrons.